The van der Waals surface area contributed by atoms with Gasteiger partial charge in [0.15, 0.2) is 0 Å². The third-order valence-corrected chi connectivity index (χ3v) is 9.25. The maximum Gasteiger partial charge on any atom is 0.244 e. The molecule has 1 aliphatic rings. The Morgan fingerprint density at radius 1 is 1.00 bits per heavy atom. The van der Waals surface area contributed by atoms with Crippen LogP contribution in [0.4, 0.5) is 5.69 Å². The number of carbonyl (C=O) groups excluding carboxylic acids is 2. The van der Waals surface area contributed by atoms with E-state index in [2.05, 4.69) is 21.2 Å². The molecule has 0 radical (unpaired) electrons. The molecule has 1 aliphatic carbocycles. The monoisotopic (exact) mass is 659 g/mol. The van der Waals surface area contributed by atoms with Crippen LogP contribution in [0, 0.1) is 6.92 Å². The van der Waals surface area contributed by atoms with Gasteiger partial charge in [0, 0.05) is 28.5 Å². The first kappa shape index (κ1) is 31.1. The number of sulfonamides is 1. The third kappa shape index (κ3) is 8.56. The van der Waals surface area contributed by atoms with Crippen molar-refractivity contribution >= 4 is 55.1 Å². The molecule has 0 saturated heterocycles. The van der Waals surface area contributed by atoms with Crippen molar-refractivity contribution in [3.63, 3.8) is 0 Å². The van der Waals surface area contributed by atoms with Crippen molar-refractivity contribution in [1.29, 1.82) is 0 Å². The standard InChI is InChI=1S/C31H35BrClN3O4S/c1-22-12-17-26(33)19-28(22)36(41(2,39)40)21-30(37)35(20-24-13-15-25(32)16-14-24)29(18-23-8-4-3-5-9-23)31(38)34-27-10-6-7-11-27/h3-5,8-9,12-17,19,27,29H,6-7,10-11,18,20-21H2,1-2H3,(H,34,38). The van der Waals surface area contributed by atoms with E-state index in [0.29, 0.717) is 16.3 Å². The zero-order valence-electron chi connectivity index (χ0n) is 23.2. The summed E-state index contributed by atoms with van der Waals surface area (Å²) in [6.07, 6.45) is 5.27. The molecule has 1 unspecified atom stereocenters. The molecule has 7 nitrogen and oxygen atoms in total. The first-order valence-corrected chi connectivity index (χ1v) is 16.7. The molecule has 1 N–H and O–H groups in total. The first-order chi connectivity index (χ1) is 19.5. The molecule has 3 aromatic rings. The van der Waals surface area contributed by atoms with E-state index in [-0.39, 0.29) is 24.9 Å². The highest BCUT2D eigenvalue weighted by Crippen LogP contribution is 2.27. The minimum absolute atomic E-state index is 0.0621. The minimum atomic E-state index is -3.87. The van der Waals surface area contributed by atoms with Gasteiger partial charge in [0.25, 0.3) is 0 Å². The molecule has 41 heavy (non-hydrogen) atoms. The SMILES string of the molecule is Cc1ccc(Cl)cc1N(CC(=O)N(Cc1ccc(Br)cc1)C(Cc1ccccc1)C(=O)NC1CCCC1)S(C)(=O)=O. The lowest BCUT2D eigenvalue weighted by Gasteiger charge is -2.34. The summed E-state index contributed by atoms with van der Waals surface area (Å²) in [5.74, 6) is -0.726. The van der Waals surface area contributed by atoms with Crippen molar-refractivity contribution in [2.24, 2.45) is 0 Å². The minimum Gasteiger partial charge on any atom is -0.352 e. The molecule has 1 fully saturated rings. The van der Waals surface area contributed by atoms with E-state index in [1.54, 1.807) is 25.1 Å². The summed E-state index contributed by atoms with van der Waals surface area (Å²) in [6, 6.07) is 21.2. The van der Waals surface area contributed by atoms with Gasteiger partial charge in [0.1, 0.15) is 12.6 Å². The fourth-order valence-corrected chi connectivity index (χ4v) is 6.48. The number of hydrogen-bond acceptors (Lipinski definition) is 4. The number of nitrogens with zero attached hydrogens (tertiary/aromatic N) is 2. The maximum absolute atomic E-state index is 14.2. The number of rotatable bonds is 11. The van der Waals surface area contributed by atoms with Gasteiger partial charge in [0.2, 0.25) is 21.8 Å². The van der Waals surface area contributed by atoms with Crippen LogP contribution >= 0.6 is 27.5 Å². The quantitative estimate of drug-likeness (QED) is 0.279. The van der Waals surface area contributed by atoms with Crippen LogP contribution in [-0.4, -0.2) is 50.0 Å². The molecule has 0 heterocycles. The highest BCUT2D eigenvalue weighted by Gasteiger charge is 2.34. The molecule has 0 spiro atoms. The van der Waals surface area contributed by atoms with Gasteiger partial charge in [-0.2, -0.15) is 0 Å². The van der Waals surface area contributed by atoms with Gasteiger partial charge >= 0.3 is 0 Å². The van der Waals surface area contributed by atoms with Crippen molar-refractivity contribution < 1.29 is 18.0 Å². The Hall–Kier alpha value is -2.88. The summed E-state index contributed by atoms with van der Waals surface area (Å²) in [5, 5.41) is 3.53. The number of carbonyl (C=O) groups is 2. The van der Waals surface area contributed by atoms with Crippen LogP contribution in [-0.2, 0) is 32.6 Å². The second-order valence-electron chi connectivity index (χ2n) is 10.5. The normalized spacial score (nSPS) is 14.4. The number of benzene rings is 3. The second-order valence-corrected chi connectivity index (χ2v) is 13.8. The average molecular weight is 661 g/mol. The lowest BCUT2D eigenvalue weighted by atomic mass is 10.0. The van der Waals surface area contributed by atoms with Gasteiger partial charge in [-0.05, 0) is 60.7 Å². The van der Waals surface area contributed by atoms with Crippen molar-refractivity contribution in [3.05, 3.63) is 99.0 Å². The highest BCUT2D eigenvalue weighted by molar-refractivity contribution is 9.10. The molecular weight excluding hydrogens is 626 g/mol. The number of anilines is 1. The zero-order chi connectivity index (χ0) is 29.6. The molecule has 1 saturated carbocycles. The molecule has 4 rings (SSSR count). The Labute approximate surface area is 256 Å². The van der Waals surface area contributed by atoms with E-state index < -0.39 is 28.5 Å². The fraction of sp³-hybridized carbons (Fsp3) is 0.355. The maximum atomic E-state index is 14.2. The van der Waals surface area contributed by atoms with Crippen LogP contribution in [0.15, 0.2) is 77.3 Å². The predicted octanol–water partition coefficient (Wildman–Crippen LogP) is 5.88. The van der Waals surface area contributed by atoms with Crippen LogP contribution < -0.4 is 9.62 Å². The summed E-state index contributed by atoms with van der Waals surface area (Å²) >= 11 is 9.67. The molecule has 218 valence electrons. The van der Waals surface area contributed by atoms with Crippen LogP contribution in [0.2, 0.25) is 5.02 Å². The van der Waals surface area contributed by atoms with Crippen LogP contribution in [0.5, 0.6) is 0 Å². The number of amides is 2. The lowest BCUT2D eigenvalue weighted by molar-refractivity contribution is -0.140. The number of aryl methyl sites for hydroxylation is 1. The van der Waals surface area contributed by atoms with Gasteiger partial charge in [0.05, 0.1) is 11.9 Å². The zero-order valence-corrected chi connectivity index (χ0v) is 26.4. The van der Waals surface area contributed by atoms with Crippen molar-refractivity contribution in [3.8, 4) is 0 Å². The highest BCUT2D eigenvalue weighted by atomic mass is 79.9. The molecule has 10 heteroatoms. The Bertz CT molecular complexity index is 1460. The van der Waals surface area contributed by atoms with E-state index in [9.17, 15) is 18.0 Å². The molecule has 0 aromatic heterocycles. The number of hydrogen-bond donors (Lipinski definition) is 1. The van der Waals surface area contributed by atoms with Crippen LogP contribution in [0.25, 0.3) is 0 Å². The van der Waals surface area contributed by atoms with Gasteiger partial charge in [-0.3, -0.25) is 13.9 Å². The van der Waals surface area contributed by atoms with E-state index in [1.165, 1.54) is 4.90 Å². The van der Waals surface area contributed by atoms with Gasteiger partial charge in [-0.15, -0.1) is 0 Å². The molecule has 0 aliphatic heterocycles. The fourth-order valence-electron chi connectivity index (χ4n) is 5.15. The van der Waals surface area contributed by atoms with Gasteiger partial charge < -0.3 is 10.2 Å². The smallest absolute Gasteiger partial charge is 0.244 e. The number of nitrogens with one attached hydrogen (secondary N) is 1. The van der Waals surface area contributed by atoms with Crippen LogP contribution in [0.3, 0.4) is 0 Å². The topological polar surface area (TPSA) is 86.8 Å². The van der Waals surface area contributed by atoms with E-state index >= 15 is 0 Å². The summed E-state index contributed by atoms with van der Waals surface area (Å²) in [7, 11) is -3.87. The Balaban J connectivity index is 1.74. The van der Waals surface area contributed by atoms with E-state index in [0.717, 1.165) is 51.8 Å². The van der Waals surface area contributed by atoms with Crippen molar-refractivity contribution in [2.75, 3.05) is 17.1 Å². The molecule has 2 amide bonds. The summed E-state index contributed by atoms with van der Waals surface area (Å²) in [6.45, 7) is 1.42. The lowest BCUT2D eigenvalue weighted by Crippen LogP contribution is -2.54. The Morgan fingerprint density at radius 2 is 1.66 bits per heavy atom. The molecular formula is C31H35BrClN3O4S. The molecule has 1 atom stereocenters. The summed E-state index contributed by atoms with van der Waals surface area (Å²) in [4.78, 5) is 29.6. The largest absolute Gasteiger partial charge is 0.352 e. The Morgan fingerprint density at radius 3 is 2.29 bits per heavy atom. The van der Waals surface area contributed by atoms with Crippen molar-refractivity contribution in [1.82, 2.24) is 10.2 Å². The van der Waals surface area contributed by atoms with E-state index in [1.807, 2.05) is 54.6 Å². The first-order valence-electron chi connectivity index (χ1n) is 13.6. The van der Waals surface area contributed by atoms with Crippen molar-refractivity contribution in [2.45, 2.75) is 57.7 Å². The molecule has 0 bridgehead atoms. The van der Waals surface area contributed by atoms with Gasteiger partial charge in [-0.1, -0.05) is 88.9 Å². The second kappa shape index (κ2) is 13.9. The van der Waals surface area contributed by atoms with E-state index in [4.69, 9.17) is 11.6 Å². The summed E-state index contributed by atoms with van der Waals surface area (Å²) < 4.78 is 28.0. The van der Waals surface area contributed by atoms with Gasteiger partial charge in [-0.25, -0.2) is 8.42 Å². The summed E-state index contributed by atoms with van der Waals surface area (Å²) in [5.41, 5.74) is 2.70. The predicted molar refractivity (Wildman–Crippen MR) is 167 cm³/mol. The van der Waals surface area contributed by atoms with Crippen LogP contribution in [0.1, 0.15) is 42.4 Å². The molecule has 3 aromatic carbocycles. The number of halogens is 2. The third-order valence-electron chi connectivity index (χ3n) is 7.36. The average Bonchev–Trinajstić information content (AvgIpc) is 3.44. The Kier molecular flexibility index (Phi) is 10.5.